The molecule has 30 heavy (non-hydrogen) atoms. The number of hydrazine groups is 1. The summed E-state index contributed by atoms with van der Waals surface area (Å²) in [6.07, 6.45) is 0.596. The molecule has 1 aromatic heterocycles. The van der Waals surface area contributed by atoms with E-state index in [1.807, 2.05) is 36.4 Å². The third-order valence-corrected chi connectivity index (χ3v) is 5.40. The average molecular weight is 409 g/mol. The van der Waals surface area contributed by atoms with Crippen molar-refractivity contribution in [2.75, 3.05) is 13.7 Å². The molecule has 0 spiro atoms. The van der Waals surface area contributed by atoms with Gasteiger partial charge >= 0.3 is 0 Å². The molecule has 4 rings (SSSR count). The number of aryl methyl sites for hydroxylation is 1. The van der Waals surface area contributed by atoms with Gasteiger partial charge in [-0.2, -0.15) is 0 Å². The lowest BCUT2D eigenvalue weighted by Gasteiger charge is -2.14. The summed E-state index contributed by atoms with van der Waals surface area (Å²) in [5.41, 5.74) is 9.89. The molecule has 1 amide bonds. The van der Waals surface area contributed by atoms with Gasteiger partial charge in [-0.25, -0.2) is 10.9 Å². The summed E-state index contributed by atoms with van der Waals surface area (Å²) in [6, 6.07) is 18.2. The number of methoxy groups -OCH3 is 1. The first-order valence-corrected chi connectivity index (χ1v) is 10.3. The van der Waals surface area contributed by atoms with Crippen molar-refractivity contribution >= 4 is 16.8 Å². The van der Waals surface area contributed by atoms with E-state index in [0.717, 1.165) is 29.8 Å². The number of aromatic nitrogens is 1. The van der Waals surface area contributed by atoms with Gasteiger partial charge in [0.25, 0.3) is 0 Å². The Bertz CT molecular complexity index is 1000. The minimum atomic E-state index is -0.152. The molecule has 2 atom stereocenters. The summed E-state index contributed by atoms with van der Waals surface area (Å²) in [6.45, 7) is 3.45. The number of nitrogens with one attached hydrogen (secondary N) is 3. The predicted octanol–water partition coefficient (Wildman–Crippen LogP) is 2.87. The van der Waals surface area contributed by atoms with E-state index < -0.39 is 0 Å². The van der Waals surface area contributed by atoms with Gasteiger partial charge in [0, 0.05) is 30.1 Å². The Balaban J connectivity index is 1.34. The monoisotopic (exact) mass is 408 g/mol. The van der Waals surface area contributed by atoms with Crippen LogP contribution in [0.5, 0.6) is 5.75 Å². The number of carbonyl (C=O) groups excluding carboxylic acids is 1. The Morgan fingerprint density at radius 1 is 1.17 bits per heavy atom. The van der Waals surface area contributed by atoms with E-state index in [9.17, 15) is 4.79 Å². The highest BCUT2D eigenvalue weighted by Crippen LogP contribution is 2.30. The highest BCUT2D eigenvalue weighted by atomic mass is 16.5. The van der Waals surface area contributed by atoms with Crippen LogP contribution in [0.15, 0.2) is 54.6 Å². The van der Waals surface area contributed by atoms with Crippen molar-refractivity contribution in [1.82, 2.24) is 20.7 Å². The summed E-state index contributed by atoms with van der Waals surface area (Å²) in [5.74, 6) is 0.714. The van der Waals surface area contributed by atoms with Crippen molar-refractivity contribution in [3.05, 3.63) is 65.9 Å². The second-order valence-corrected chi connectivity index (χ2v) is 7.41. The highest BCUT2D eigenvalue weighted by Gasteiger charge is 2.28. The smallest absolute Gasteiger partial charge is 0.247 e. The number of amides is 1. The molecule has 1 aliphatic heterocycles. The predicted molar refractivity (Wildman–Crippen MR) is 116 cm³/mol. The molecule has 2 heterocycles. The molecule has 1 aliphatic rings. The van der Waals surface area contributed by atoms with E-state index >= 15 is 0 Å². The molecular formula is C23H28N4O3. The minimum absolute atomic E-state index is 0.0345. The SMILES string of the molecule is CCn1c(C2CC(NC(=O)COCc3ccccc3)NN2)cc2ccc(OC)cc21. The van der Waals surface area contributed by atoms with Gasteiger partial charge in [0.05, 0.1) is 31.4 Å². The van der Waals surface area contributed by atoms with E-state index in [0.29, 0.717) is 6.61 Å². The molecule has 2 unspecified atom stereocenters. The molecular weight excluding hydrogens is 380 g/mol. The van der Waals surface area contributed by atoms with Crippen LogP contribution in [0.25, 0.3) is 10.9 Å². The molecule has 3 N–H and O–H groups in total. The van der Waals surface area contributed by atoms with Crippen LogP contribution in [-0.4, -0.2) is 30.4 Å². The van der Waals surface area contributed by atoms with Gasteiger partial charge in [-0.3, -0.25) is 4.79 Å². The van der Waals surface area contributed by atoms with Gasteiger partial charge in [0.15, 0.2) is 0 Å². The van der Waals surface area contributed by atoms with Crippen molar-refractivity contribution in [3.63, 3.8) is 0 Å². The second-order valence-electron chi connectivity index (χ2n) is 7.41. The molecule has 3 aromatic rings. The first-order valence-electron chi connectivity index (χ1n) is 10.3. The average Bonchev–Trinajstić information content (AvgIpc) is 3.37. The molecule has 0 radical (unpaired) electrons. The lowest BCUT2D eigenvalue weighted by atomic mass is 10.1. The Morgan fingerprint density at radius 3 is 2.77 bits per heavy atom. The minimum Gasteiger partial charge on any atom is -0.497 e. The van der Waals surface area contributed by atoms with E-state index in [1.54, 1.807) is 7.11 Å². The fraction of sp³-hybridized carbons (Fsp3) is 0.348. The summed E-state index contributed by atoms with van der Waals surface area (Å²) >= 11 is 0. The summed E-state index contributed by atoms with van der Waals surface area (Å²) in [5, 5.41) is 4.16. The number of nitrogens with zero attached hydrogens (tertiary/aromatic N) is 1. The summed E-state index contributed by atoms with van der Waals surface area (Å²) in [4.78, 5) is 12.2. The number of carbonyl (C=O) groups is 1. The lowest BCUT2D eigenvalue weighted by molar-refractivity contribution is -0.127. The molecule has 0 bridgehead atoms. The quantitative estimate of drug-likeness (QED) is 0.534. The summed E-state index contributed by atoms with van der Waals surface area (Å²) < 4.78 is 13.2. The Hall–Kier alpha value is -2.87. The van der Waals surface area contributed by atoms with Crippen LogP contribution in [0.1, 0.15) is 30.6 Å². The standard InChI is InChI=1S/C23H28N4O3/c1-3-27-20-12-18(29-2)10-9-17(20)11-21(27)19-13-22(26-25-19)24-23(28)15-30-14-16-7-5-4-6-8-16/h4-12,19,22,25-26H,3,13-15H2,1-2H3,(H,24,28). The largest absolute Gasteiger partial charge is 0.497 e. The third kappa shape index (κ3) is 4.48. The molecule has 1 saturated heterocycles. The zero-order valence-electron chi connectivity index (χ0n) is 17.4. The van der Waals surface area contributed by atoms with Gasteiger partial charge in [-0.1, -0.05) is 30.3 Å². The highest BCUT2D eigenvalue weighted by molar-refractivity contribution is 5.83. The number of ether oxygens (including phenoxy) is 2. The normalized spacial score (nSPS) is 18.6. The third-order valence-electron chi connectivity index (χ3n) is 5.40. The molecule has 7 nitrogen and oxygen atoms in total. The van der Waals surface area contributed by atoms with E-state index in [1.165, 1.54) is 11.1 Å². The first kappa shape index (κ1) is 20.4. The van der Waals surface area contributed by atoms with Gasteiger partial charge in [0.1, 0.15) is 12.4 Å². The van der Waals surface area contributed by atoms with Gasteiger partial charge in [0.2, 0.25) is 5.91 Å². The molecule has 0 aliphatic carbocycles. The fourth-order valence-electron chi connectivity index (χ4n) is 3.94. The van der Waals surface area contributed by atoms with Crippen molar-refractivity contribution in [2.24, 2.45) is 0 Å². The zero-order valence-corrected chi connectivity index (χ0v) is 17.4. The van der Waals surface area contributed by atoms with Crippen LogP contribution in [0, 0.1) is 0 Å². The van der Waals surface area contributed by atoms with Gasteiger partial charge in [-0.05, 0) is 30.7 Å². The molecule has 1 fully saturated rings. The number of hydrogen-bond donors (Lipinski definition) is 3. The Morgan fingerprint density at radius 2 is 2.00 bits per heavy atom. The van der Waals surface area contributed by atoms with Crippen molar-refractivity contribution < 1.29 is 14.3 Å². The Labute approximate surface area is 176 Å². The Kier molecular flexibility index (Phi) is 6.32. The van der Waals surface area contributed by atoms with Crippen LogP contribution < -0.4 is 20.9 Å². The molecule has 7 heteroatoms. The molecule has 158 valence electrons. The lowest BCUT2D eigenvalue weighted by Crippen LogP contribution is -2.45. The van der Waals surface area contributed by atoms with Crippen LogP contribution in [0.3, 0.4) is 0 Å². The number of benzene rings is 2. The van der Waals surface area contributed by atoms with Crippen molar-refractivity contribution in [2.45, 2.75) is 38.7 Å². The maximum Gasteiger partial charge on any atom is 0.247 e. The van der Waals surface area contributed by atoms with Gasteiger partial charge < -0.3 is 19.4 Å². The van der Waals surface area contributed by atoms with Crippen LogP contribution in [-0.2, 0) is 22.7 Å². The number of fused-ring (bicyclic) bond motifs is 1. The fourth-order valence-corrected chi connectivity index (χ4v) is 3.94. The van der Waals surface area contributed by atoms with Gasteiger partial charge in [-0.15, -0.1) is 0 Å². The van der Waals surface area contributed by atoms with Crippen LogP contribution in [0.2, 0.25) is 0 Å². The van der Waals surface area contributed by atoms with E-state index in [-0.39, 0.29) is 24.7 Å². The van der Waals surface area contributed by atoms with Crippen LogP contribution >= 0.6 is 0 Å². The van der Waals surface area contributed by atoms with Crippen molar-refractivity contribution in [3.8, 4) is 5.75 Å². The maximum atomic E-state index is 12.2. The molecule has 0 saturated carbocycles. The van der Waals surface area contributed by atoms with E-state index in [4.69, 9.17) is 9.47 Å². The number of rotatable bonds is 8. The first-order chi connectivity index (χ1) is 14.7. The topological polar surface area (TPSA) is 76.6 Å². The summed E-state index contributed by atoms with van der Waals surface area (Å²) in [7, 11) is 1.68. The number of hydrogen-bond acceptors (Lipinski definition) is 5. The maximum absolute atomic E-state index is 12.2. The zero-order chi connectivity index (χ0) is 20.9. The van der Waals surface area contributed by atoms with Crippen molar-refractivity contribution in [1.29, 1.82) is 0 Å². The second kappa shape index (κ2) is 9.30. The van der Waals surface area contributed by atoms with Crippen LogP contribution in [0.4, 0.5) is 0 Å². The van der Waals surface area contributed by atoms with E-state index in [2.05, 4.69) is 45.9 Å². The molecule has 2 aromatic carbocycles.